The SMILES string of the molecule is CCN(CC)CCC(C)C(O)N=c1cc2n(-c3ccc(Cl)cc3)c3ccccc3nc-2cc1Nc1ccc(Cl)cc1. The van der Waals surface area contributed by atoms with Gasteiger partial charge in [-0.25, -0.2) is 4.98 Å². The van der Waals surface area contributed by atoms with Crippen LogP contribution in [0.1, 0.15) is 27.2 Å². The number of hydrogen-bond acceptors (Lipinski definition) is 5. The van der Waals surface area contributed by atoms with Crippen LogP contribution < -0.4 is 10.7 Å². The van der Waals surface area contributed by atoms with Crippen molar-refractivity contribution in [2.75, 3.05) is 25.0 Å². The second-order valence-electron chi connectivity index (χ2n) is 10.2. The molecule has 0 amide bonds. The number of hydrogen-bond donors (Lipinski definition) is 2. The molecule has 41 heavy (non-hydrogen) atoms. The van der Waals surface area contributed by atoms with Crippen LogP contribution in [0, 0.1) is 5.92 Å². The smallest absolute Gasteiger partial charge is 0.148 e. The zero-order valence-electron chi connectivity index (χ0n) is 23.6. The molecule has 0 saturated heterocycles. The predicted octanol–water partition coefficient (Wildman–Crippen LogP) is 7.77. The normalized spacial score (nSPS) is 13.7. The van der Waals surface area contributed by atoms with Crippen molar-refractivity contribution in [1.82, 2.24) is 14.5 Å². The van der Waals surface area contributed by atoms with E-state index in [-0.39, 0.29) is 5.92 Å². The Kier molecular flexibility index (Phi) is 9.25. The van der Waals surface area contributed by atoms with Crippen LogP contribution in [0.25, 0.3) is 28.1 Å². The van der Waals surface area contributed by atoms with Crippen molar-refractivity contribution in [3.63, 3.8) is 0 Å². The van der Waals surface area contributed by atoms with Crippen molar-refractivity contribution >= 4 is 45.6 Å². The number of rotatable bonds is 10. The number of aromatic nitrogens is 2. The lowest BCUT2D eigenvalue weighted by Gasteiger charge is -2.23. The Hall–Kier alpha value is -3.42. The summed E-state index contributed by atoms with van der Waals surface area (Å²) in [5, 5.41) is 16.7. The zero-order chi connectivity index (χ0) is 28.9. The van der Waals surface area contributed by atoms with Crippen LogP contribution in [0.2, 0.25) is 10.0 Å². The fourth-order valence-corrected chi connectivity index (χ4v) is 5.20. The van der Waals surface area contributed by atoms with Crippen LogP contribution in [-0.4, -0.2) is 45.4 Å². The van der Waals surface area contributed by atoms with Gasteiger partial charge in [0.15, 0.2) is 0 Å². The molecule has 2 aliphatic rings. The van der Waals surface area contributed by atoms with Gasteiger partial charge in [0.25, 0.3) is 0 Å². The molecule has 0 fully saturated rings. The number of aliphatic hydroxyl groups is 1. The Morgan fingerprint density at radius 1 is 0.927 bits per heavy atom. The van der Waals surface area contributed by atoms with Crippen molar-refractivity contribution in [2.24, 2.45) is 10.9 Å². The van der Waals surface area contributed by atoms with E-state index in [1.165, 1.54) is 0 Å². The first-order chi connectivity index (χ1) is 19.9. The minimum Gasteiger partial charge on any atom is -0.372 e. The molecule has 2 N–H and O–H groups in total. The van der Waals surface area contributed by atoms with Gasteiger partial charge in [-0.2, -0.15) is 0 Å². The van der Waals surface area contributed by atoms with Crippen molar-refractivity contribution < 1.29 is 5.11 Å². The van der Waals surface area contributed by atoms with Gasteiger partial charge in [-0.3, -0.25) is 4.99 Å². The van der Waals surface area contributed by atoms with Gasteiger partial charge in [0.2, 0.25) is 0 Å². The minimum absolute atomic E-state index is 0.0206. The molecule has 3 aromatic rings. The van der Waals surface area contributed by atoms with Gasteiger partial charge >= 0.3 is 0 Å². The summed E-state index contributed by atoms with van der Waals surface area (Å²) >= 11 is 12.4. The molecule has 1 aliphatic heterocycles. The summed E-state index contributed by atoms with van der Waals surface area (Å²) in [6.07, 6.45) is -0.0252. The summed E-state index contributed by atoms with van der Waals surface area (Å²) in [6, 6.07) is 27.3. The number of benzene rings is 4. The fraction of sp³-hybridized carbons (Fsp3) is 0.273. The van der Waals surface area contributed by atoms with Gasteiger partial charge in [-0.05, 0) is 98.9 Å². The largest absolute Gasteiger partial charge is 0.372 e. The van der Waals surface area contributed by atoms with Crippen LogP contribution in [-0.2, 0) is 0 Å². The topological polar surface area (TPSA) is 65.7 Å². The Labute approximate surface area is 251 Å². The van der Waals surface area contributed by atoms with Crippen LogP contribution in [0.15, 0.2) is 89.9 Å². The van der Waals surface area contributed by atoms with Crippen molar-refractivity contribution in [3.8, 4) is 17.1 Å². The lowest BCUT2D eigenvalue weighted by atomic mass is 10.1. The summed E-state index contributed by atoms with van der Waals surface area (Å²) in [4.78, 5) is 12.2. The van der Waals surface area contributed by atoms with E-state index in [1.807, 2.05) is 85.8 Å². The summed E-state index contributed by atoms with van der Waals surface area (Å²) < 4.78 is 2.16. The van der Waals surface area contributed by atoms with E-state index in [4.69, 9.17) is 33.2 Å². The van der Waals surface area contributed by atoms with Crippen molar-refractivity contribution in [2.45, 2.75) is 33.4 Å². The maximum atomic E-state index is 11.2. The predicted molar refractivity (Wildman–Crippen MR) is 171 cm³/mol. The molecular formula is C33H35Cl2N5O. The number of nitrogens with one attached hydrogen (secondary N) is 1. The Bertz CT molecular complexity index is 1650. The molecule has 2 unspecified atom stereocenters. The third kappa shape index (κ3) is 6.74. The molecule has 212 valence electrons. The highest BCUT2D eigenvalue weighted by Gasteiger charge is 2.19. The average molecular weight is 589 g/mol. The second-order valence-corrected chi connectivity index (χ2v) is 11.1. The lowest BCUT2D eigenvalue weighted by molar-refractivity contribution is 0.109. The standard InChI is InChI=1S/C33H35Cl2N5O/c1-4-39(5-2)19-18-22(3)33(41)38-29-21-32-30(20-28(29)36-25-14-10-23(34)11-15-25)37-27-8-6-7-9-31(27)40(32)26-16-12-24(35)13-17-26/h6-17,20-22,33,36,41H,4-5,18-19H2,1-3H3. The number of para-hydroxylation sites is 2. The summed E-state index contributed by atoms with van der Waals surface area (Å²) in [6.45, 7) is 9.26. The van der Waals surface area contributed by atoms with Crippen LogP contribution >= 0.6 is 23.2 Å². The molecule has 5 rings (SSSR count). The molecule has 2 atom stereocenters. The first-order valence-corrected chi connectivity index (χ1v) is 14.8. The van der Waals surface area contributed by atoms with E-state index in [0.29, 0.717) is 15.4 Å². The number of halogens is 2. The molecule has 0 spiro atoms. The first-order valence-electron chi connectivity index (χ1n) is 14.0. The van der Waals surface area contributed by atoms with Gasteiger partial charge in [0.05, 0.1) is 33.5 Å². The fourth-order valence-electron chi connectivity index (χ4n) is 4.95. The summed E-state index contributed by atoms with van der Waals surface area (Å²) in [7, 11) is 0. The van der Waals surface area contributed by atoms with Crippen LogP contribution in [0.4, 0.5) is 11.4 Å². The summed E-state index contributed by atoms with van der Waals surface area (Å²) in [5.41, 5.74) is 6.05. The molecule has 1 heterocycles. The van der Waals surface area contributed by atoms with E-state index in [2.05, 4.69) is 34.7 Å². The second kappa shape index (κ2) is 13.0. The summed E-state index contributed by atoms with van der Waals surface area (Å²) in [5.74, 6) is -0.0206. The zero-order valence-corrected chi connectivity index (χ0v) is 25.1. The Morgan fingerprint density at radius 3 is 2.27 bits per heavy atom. The number of fused-ring (bicyclic) bond motifs is 2. The molecular weight excluding hydrogens is 553 g/mol. The van der Waals surface area contributed by atoms with Gasteiger partial charge in [-0.1, -0.05) is 56.1 Å². The van der Waals surface area contributed by atoms with E-state index in [9.17, 15) is 5.11 Å². The van der Waals surface area contributed by atoms with E-state index in [1.54, 1.807) is 0 Å². The number of anilines is 2. The van der Waals surface area contributed by atoms with Crippen molar-refractivity contribution in [1.29, 1.82) is 0 Å². The highest BCUT2D eigenvalue weighted by molar-refractivity contribution is 6.30. The molecule has 0 bridgehead atoms. The van der Waals surface area contributed by atoms with Gasteiger partial charge in [0.1, 0.15) is 6.23 Å². The minimum atomic E-state index is -0.869. The molecule has 1 aliphatic carbocycles. The molecule has 0 saturated carbocycles. The third-order valence-corrected chi connectivity index (χ3v) is 7.98. The molecule has 6 nitrogen and oxygen atoms in total. The van der Waals surface area contributed by atoms with Gasteiger partial charge < -0.3 is 19.9 Å². The van der Waals surface area contributed by atoms with E-state index >= 15 is 0 Å². The molecule has 3 aromatic carbocycles. The van der Waals surface area contributed by atoms with Crippen molar-refractivity contribution in [3.05, 3.63) is 100 Å². The third-order valence-electron chi connectivity index (χ3n) is 7.48. The number of nitrogens with zero attached hydrogens (tertiary/aromatic N) is 4. The van der Waals surface area contributed by atoms with E-state index < -0.39 is 6.23 Å². The number of aliphatic hydroxyl groups excluding tert-OH is 1. The lowest BCUT2D eigenvalue weighted by Crippen LogP contribution is -2.28. The quantitative estimate of drug-likeness (QED) is 0.164. The molecule has 0 aromatic heterocycles. The highest BCUT2D eigenvalue weighted by atomic mass is 35.5. The molecule has 8 heteroatoms. The van der Waals surface area contributed by atoms with Crippen LogP contribution in [0.3, 0.4) is 0 Å². The van der Waals surface area contributed by atoms with Gasteiger partial charge in [0, 0.05) is 27.3 Å². The average Bonchev–Trinajstić information content (AvgIpc) is 2.98. The Balaban J connectivity index is 1.68. The maximum Gasteiger partial charge on any atom is 0.148 e. The van der Waals surface area contributed by atoms with Gasteiger partial charge in [-0.15, -0.1) is 0 Å². The van der Waals surface area contributed by atoms with Crippen LogP contribution in [0.5, 0.6) is 0 Å². The first kappa shape index (κ1) is 29.1. The highest BCUT2D eigenvalue weighted by Crippen LogP contribution is 2.31. The Morgan fingerprint density at radius 2 is 1.59 bits per heavy atom. The molecule has 0 radical (unpaired) electrons. The maximum absolute atomic E-state index is 11.2. The van der Waals surface area contributed by atoms with E-state index in [0.717, 1.165) is 65.5 Å². The monoisotopic (exact) mass is 587 g/mol.